The molecule has 0 aliphatic carbocycles. The fraction of sp³-hybridized carbons (Fsp3) is 0.625. The monoisotopic (exact) mass is 278 g/mol. The van der Waals surface area contributed by atoms with Crippen LogP contribution < -0.4 is 11.2 Å². The van der Waals surface area contributed by atoms with Crippen molar-refractivity contribution in [3.8, 4) is 0 Å². The maximum absolute atomic E-state index is 11.8. The number of rotatable bonds is 10. The Labute approximate surface area is 120 Å². The van der Waals surface area contributed by atoms with Crippen molar-refractivity contribution < 1.29 is 0 Å². The van der Waals surface area contributed by atoms with E-state index >= 15 is 0 Å². The summed E-state index contributed by atoms with van der Waals surface area (Å²) in [5.74, 6) is 0. The molecule has 1 heterocycles. The number of hydrogen-bond acceptors (Lipinski definition) is 2. The van der Waals surface area contributed by atoms with Gasteiger partial charge in [0.25, 0.3) is 5.56 Å². The Kier molecular flexibility index (Phi) is 7.70. The van der Waals surface area contributed by atoms with E-state index < -0.39 is 0 Å². The van der Waals surface area contributed by atoms with E-state index in [1.54, 1.807) is 7.05 Å². The quantitative estimate of drug-likeness (QED) is 0.488. The molecule has 0 aliphatic heterocycles. The second-order valence-electron chi connectivity index (χ2n) is 5.25. The highest BCUT2D eigenvalue weighted by Gasteiger charge is 2.02. The number of hydrogen-bond donors (Lipinski definition) is 0. The lowest BCUT2D eigenvalue weighted by Gasteiger charge is -2.06. The van der Waals surface area contributed by atoms with Crippen molar-refractivity contribution in [2.45, 2.75) is 57.9 Å². The first kappa shape index (κ1) is 16.5. The third-order valence-corrected chi connectivity index (χ3v) is 3.53. The number of aryl methyl sites for hydroxylation is 1. The topological polar surface area (TPSA) is 44.0 Å². The summed E-state index contributed by atoms with van der Waals surface area (Å²) in [5.41, 5.74) is -0.417. The van der Waals surface area contributed by atoms with Gasteiger partial charge in [0.15, 0.2) is 0 Å². The highest BCUT2D eigenvalue weighted by atomic mass is 16.2. The average Bonchev–Trinajstić information content (AvgIpc) is 2.44. The van der Waals surface area contributed by atoms with Crippen molar-refractivity contribution in [3.05, 3.63) is 45.8 Å². The highest BCUT2D eigenvalue weighted by molar-refractivity contribution is 4.85. The van der Waals surface area contributed by atoms with Gasteiger partial charge in [0.05, 0.1) is 0 Å². The van der Waals surface area contributed by atoms with Crippen molar-refractivity contribution in [2.75, 3.05) is 0 Å². The first-order chi connectivity index (χ1) is 9.66. The third kappa shape index (κ3) is 5.59. The molecule has 4 nitrogen and oxygen atoms in total. The summed E-state index contributed by atoms with van der Waals surface area (Å²) in [4.78, 5) is 23.4. The van der Waals surface area contributed by atoms with E-state index in [0.29, 0.717) is 6.54 Å². The molecule has 0 amide bonds. The van der Waals surface area contributed by atoms with Crippen molar-refractivity contribution >= 4 is 0 Å². The molecule has 0 fully saturated rings. The minimum absolute atomic E-state index is 0.197. The lowest BCUT2D eigenvalue weighted by Crippen LogP contribution is -2.37. The van der Waals surface area contributed by atoms with Gasteiger partial charge in [-0.3, -0.25) is 9.36 Å². The predicted octanol–water partition coefficient (Wildman–Crippen LogP) is 2.85. The van der Waals surface area contributed by atoms with Crippen molar-refractivity contribution in [1.82, 2.24) is 9.13 Å². The molecule has 1 rings (SSSR count). The van der Waals surface area contributed by atoms with Gasteiger partial charge in [0, 0.05) is 25.9 Å². The van der Waals surface area contributed by atoms with Crippen LogP contribution in [0.3, 0.4) is 0 Å². The molecule has 0 aromatic carbocycles. The van der Waals surface area contributed by atoms with Gasteiger partial charge >= 0.3 is 5.69 Å². The van der Waals surface area contributed by atoms with Crippen LogP contribution in [0, 0.1) is 0 Å². The zero-order valence-electron chi connectivity index (χ0n) is 12.5. The largest absolute Gasteiger partial charge is 0.330 e. The van der Waals surface area contributed by atoms with E-state index in [1.807, 2.05) is 6.08 Å². The van der Waals surface area contributed by atoms with Crippen LogP contribution in [-0.4, -0.2) is 9.13 Å². The standard InChI is InChI=1S/C16H26N2O2/c1-3-4-5-6-7-8-9-10-11-13-18-15(19)12-14-17(2)16(18)20/h3,12,14H,1,4-11,13H2,2H3. The molecule has 0 bridgehead atoms. The van der Waals surface area contributed by atoms with Crippen molar-refractivity contribution in [3.63, 3.8) is 0 Å². The summed E-state index contributed by atoms with van der Waals surface area (Å²) in [6, 6.07) is 1.45. The van der Waals surface area contributed by atoms with E-state index in [2.05, 4.69) is 6.58 Å². The molecule has 0 unspecified atom stereocenters. The highest BCUT2D eigenvalue weighted by Crippen LogP contribution is 2.08. The number of allylic oxidation sites excluding steroid dienone is 1. The van der Waals surface area contributed by atoms with Gasteiger partial charge in [-0.1, -0.05) is 38.2 Å². The first-order valence-corrected chi connectivity index (χ1v) is 7.54. The van der Waals surface area contributed by atoms with E-state index in [1.165, 1.54) is 53.5 Å². The second kappa shape index (κ2) is 9.34. The zero-order chi connectivity index (χ0) is 14.8. The fourth-order valence-corrected chi connectivity index (χ4v) is 2.26. The average molecular weight is 278 g/mol. The van der Waals surface area contributed by atoms with Crippen LogP contribution in [0.15, 0.2) is 34.5 Å². The van der Waals surface area contributed by atoms with E-state index in [-0.39, 0.29) is 11.2 Å². The minimum Gasteiger partial charge on any atom is -0.303 e. The van der Waals surface area contributed by atoms with Gasteiger partial charge in [0.2, 0.25) is 0 Å². The van der Waals surface area contributed by atoms with Crippen LogP contribution in [-0.2, 0) is 13.6 Å². The molecule has 20 heavy (non-hydrogen) atoms. The lowest BCUT2D eigenvalue weighted by molar-refractivity contribution is 0.516. The molecule has 0 radical (unpaired) electrons. The molecular weight excluding hydrogens is 252 g/mol. The van der Waals surface area contributed by atoms with Crippen LogP contribution in [0.25, 0.3) is 0 Å². The Balaban J connectivity index is 2.19. The Morgan fingerprint density at radius 3 is 2.30 bits per heavy atom. The van der Waals surface area contributed by atoms with E-state index in [0.717, 1.165) is 19.3 Å². The van der Waals surface area contributed by atoms with Crippen LogP contribution in [0.1, 0.15) is 51.4 Å². The van der Waals surface area contributed by atoms with Gasteiger partial charge in [-0.15, -0.1) is 6.58 Å². The Morgan fingerprint density at radius 1 is 1.05 bits per heavy atom. The smallest absolute Gasteiger partial charge is 0.303 e. The van der Waals surface area contributed by atoms with Gasteiger partial charge in [-0.25, -0.2) is 4.79 Å². The maximum Gasteiger partial charge on any atom is 0.330 e. The van der Waals surface area contributed by atoms with Crippen molar-refractivity contribution in [1.29, 1.82) is 0 Å². The second-order valence-corrected chi connectivity index (χ2v) is 5.25. The molecule has 112 valence electrons. The van der Waals surface area contributed by atoms with Crippen molar-refractivity contribution in [2.24, 2.45) is 7.05 Å². The van der Waals surface area contributed by atoms with Crippen LogP contribution in [0.2, 0.25) is 0 Å². The first-order valence-electron chi connectivity index (χ1n) is 7.54. The normalized spacial score (nSPS) is 10.7. The molecule has 0 saturated carbocycles. The van der Waals surface area contributed by atoms with Gasteiger partial charge in [-0.05, 0) is 19.3 Å². The van der Waals surface area contributed by atoms with Gasteiger partial charge in [0.1, 0.15) is 0 Å². The summed E-state index contributed by atoms with van der Waals surface area (Å²) in [6.07, 6.45) is 12.7. The molecule has 1 aromatic heterocycles. The third-order valence-electron chi connectivity index (χ3n) is 3.53. The Bertz CT molecular complexity index is 514. The molecule has 0 N–H and O–H groups in total. The van der Waals surface area contributed by atoms with E-state index in [4.69, 9.17) is 0 Å². The molecule has 0 atom stereocenters. The Morgan fingerprint density at radius 2 is 1.65 bits per heavy atom. The van der Waals surface area contributed by atoms with E-state index in [9.17, 15) is 9.59 Å². The Hall–Kier alpha value is -1.58. The summed E-state index contributed by atoms with van der Waals surface area (Å²) in [7, 11) is 1.67. The van der Waals surface area contributed by atoms with Crippen LogP contribution in [0.5, 0.6) is 0 Å². The molecule has 4 heteroatoms. The van der Waals surface area contributed by atoms with Crippen LogP contribution in [0.4, 0.5) is 0 Å². The summed E-state index contributed by atoms with van der Waals surface area (Å²) in [6.45, 7) is 4.24. The maximum atomic E-state index is 11.8. The van der Waals surface area contributed by atoms with Gasteiger partial charge in [-0.2, -0.15) is 0 Å². The number of aromatic nitrogens is 2. The SMILES string of the molecule is C=CCCCCCCCCCn1c(=O)ccn(C)c1=O. The number of unbranched alkanes of at least 4 members (excludes halogenated alkanes) is 7. The summed E-state index contributed by atoms with van der Waals surface area (Å²) < 4.78 is 2.77. The molecular formula is C16H26N2O2. The predicted molar refractivity (Wildman–Crippen MR) is 83.1 cm³/mol. The minimum atomic E-state index is -0.220. The fourth-order valence-electron chi connectivity index (χ4n) is 2.26. The molecule has 0 aliphatic rings. The number of nitrogens with zero attached hydrogens (tertiary/aromatic N) is 2. The summed E-state index contributed by atoms with van der Waals surface area (Å²) >= 11 is 0. The zero-order valence-corrected chi connectivity index (χ0v) is 12.5. The molecule has 0 saturated heterocycles. The molecule has 1 aromatic rings. The molecule has 0 spiro atoms. The summed E-state index contributed by atoms with van der Waals surface area (Å²) in [5, 5.41) is 0. The van der Waals surface area contributed by atoms with Crippen LogP contribution >= 0.6 is 0 Å². The van der Waals surface area contributed by atoms with Gasteiger partial charge < -0.3 is 4.57 Å². The lowest BCUT2D eigenvalue weighted by atomic mass is 10.1.